The zero-order valence-corrected chi connectivity index (χ0v) is 13.5. The van der Waals surface area contributed by atoms with Crippen LogP contribution in [0, 0.1) is 6.92 Å². The van der Waals surface area contributed by atoms with Crippen molar-refractivity contribution in [3.8, 4) is 0 Å². The van der Waals surface area contributed by atoms with E-state index in [1.165, 1.54) is 11.8 Å². The molecule has 1 saturated heterocycles. The van der Waals surface area contributed by atoms with Crippen molar-refractivity contribution in [2.24, 2.45) is 7.05 Å². The number of aryl methyl sites for hydroxylation is 2. The van der Waals surface area contributed by atoms with Gasteiger partial charge in [0.25, 0.3) is 0 Å². The Kier molecular flexibility index (Phi) is 4.47. The molecule has 0 radical (unpaired) electrons. The molecule has 118 valence electrons. The van der Waals surface area contributed by atoms with Gasteiger partial charge in [-0.3, -0.25) is 4.79 Å². The summed E-state index contributed by atoms with van der Waals surface area (Å²) in [5, 5.41) is 12.7. The third-order valence-corrected chi connectivity index (χ3v) is 4.82. The van der Waals surface area contributed by atoms with Crippen molar-refractivity contribution >= 4 is 17.7 Å². The van der Waals surface area contributed by atoms with Gasteiger partial charge in [0.2, 0.25) is 5.91 Å². The lowest BCUT2D eigenvalue weighted by molar-refractivity contribution is -0.132. The zero-order chi connectivity index (χ0) is 15.5. The number of nitrogens with zero attached hydrogens (tertiary/aromatic N) is 5. The fourth-order valence-corrected chi connectivity index (χ4v) is 3.47. The largest absolute Gasteiger partial charge is 0.361 e. The normalized spacial score (nSPS) is 18.6. The smallest absolute Gasteiger partial charge is 0.233 e. The van der Waals surface area contributed by atoms with Crippen LogP contribution in [0.25, 0.3) is 0 Å². The van der Waals surface area contributed by atoms with Crippen LogP contribution in [0.3, 0.4) is 0 Å². The predicted octanol–water partition coefficient (Wildman–Crippen LogP) is 1.96. The van der Waals surface area contributed by atoms with E-state index in [4.69, 9.17) is 4.52 Å². The summed E-state index contributed by atoms with van der Waals surface area (Å²) in [5.41, 5.74) is 0.856. The minimum Gasteiger partial charge on any atom is -0.361 e. The van der Waals surface area contributed by atoms with Gasteiger partial charge in [0.05, 0.1) is 11.8 Å². The molecule has 3 rings (SSSR count). The summed E-state index contributed by atoms with van der Waals surface area (Å²) in [7, 11) is 1.87. The molecular formula is C14H19N5O2S. The van der Waals surface area contributed by atoms with Crippen molar-refractivity contribution < 1.29 is 9.32 Å². The fourth-order valence-electron chi connectivity index (χ4n) is 2.69. The molecule has 1 amide bonds. The van der Waals surface area contributed by atoms with Crippen molar-refractivity contribution in [3.63, 3.8) is 0 Å². The van der Waals surface area contributed by atoms with Crippen LogP contribution < -0.4 is 0 Å². The summed E-state index contributed by atoms with van der Waals surface area (Å²) < 4.78 is 6.98. The van der Waals surface area contributed by atoms with Crippen molar-refractivity contribution in [3.05, 3.63) is 23.8 Å². The maximum Gasteiger partial charge on any atom is 0.233 e. The Bertz CT molecular complexity index is 653. The average molecular weight is 321 g/mol. The first-order chi connectivity index (χ1) is 10.6. The second kappa shape index (κ2) is 6.51. The Morgan fingerprint density at radius 3 is 3.05 bits per heavy atom. The number of amides is 1. The number of carbonyl (C=O) groups is 1. The highest BCUT2D eigenvalue weighted by atomic mass is 32.2. The van der Waals surface area contributed by atoms with Gasteiger partial charge in [0.15, 0.2) is 5.16 Å². The standard InChI is InChI=1S/C14H19N5O2S/c1-10-7-11(17-21-10)12-5-3-4-6-19(12)13(20)8-22-14-16-15-9-18(14)2/h7,9,12H,3-6,8H2,1-2H3/t12-/m0/s1. The van der Waals surface area contributed by atoms with Crippen molar-refractivity contribution in [2.75, 3.05) is 12.3 Å². The summed E-state index contributed by atoms with van der Waals surface area (Å²) in [6.07, 6.45) is 4.71. The van der Waals surface area contributed by atoms with Gasteiger partial charge in [-0.15, -0.1) is 10.2 Å². The molecule has 1 aliphatic heterocycles. The van der Waals surface area contributed by atoms with Gasteiger partial charge in [0.1, 0.15) is 17.8 Å². The zero-order valence-electron chi connectivity index (χ0n) is 12.7. The quantitative estimate of drug-likeness (QED) is 0.801. The molecule has 0 aromatic carbocycles. The summed E-state index contributed by atoms with van der Waals surface area (Å²) in [5.74, 6) is 1.25. The van der Waals surface area contributed by atoms with E-state index in [1.54, 1.807) is 6.33 Å². The molecule has 0 bridgehead atoms. The number of aromatic nitrogens is 4. The SMILES string of the molecule is Cc1cc([C@@H]2CCCCN2C(=O)CSc2nncn2C)no1. The topological polar surface area (TPSA) is 77.1 Å². The van der Waals surface area contributed by atoms with Gasteiger partial charge >= 0.3 is 0 Å². The summed E-state index contributed by atoms with van der Waals surface area (Å²) >= 11 is 1.41. The van der Waals surface area contributed by atoms with E-state index in [9.17, 15) is 4.79 Å². The predicted molar refractivity (Wildman–Crippen MR) is 81.3 cm³/mol. The number of carbonyl (C=O) groups excluding carboxylic acids is 1. The Morgan fingerprint density at radius 2 is 2.36 bits per heavy atom. The molecule has 1 atom stereocenters. The maximum absolute atomic E-state index is 12.6. The van der Waals surface area contributed by atoms with Gasteiger partial charge in [0, 0.05) is 19.7 Å². The molecule has 2 aromatic rings. The molecule has 8 heteroatoms. The summed E-state index contributed by atoms with van der Waals surface area (Å²) in [6, 6.07) is 1.95. The molecule has 0 saturated carbocycles. The van der Waals surface area contributed by atoms with Crippen LogP contribution >= 0.6 is 11.8 Å². The molecule has 0 unspecified atom stereocenters. The van der Waals surface area contributed by atoms with E-state index in [1.807, 2.05) is 29.5 Å². The highest BCUT2D eigenvalue weighted by Crippen LogP contribution is 2.31. The van der Waals surface area contributed by atoms with Gasteiger partial charge in [-0.2, -0.15) is 0 Å². The van der Waals surface area contributed by atoms with Crippen molar-refractivity contribution in [2.45, 2.75) is 37.4 Å². The lowest BCUT2D eigenvalue weighted by Gasteiger charge is -2.34. The minimum absolute atomic E-state index is 0.0267. The molecule has 1 aliphatic rings. The molecular weight excluding hydrogens is 302 g/mol. The van der Waals surface area contributed by atoms with Gasteiger partial charge in [-0.1, -0.05) is 16.9 Å². The van der Waals surface area contributed by atoms with Crippen LogP contribution in [-0.2, 0) is 11.8 Å². The van der Waals surface area contributed by atoms with Crippen LogP contribution in [0.1, 0.15) is 36.8 Å². The van der Waals surface area contributed by atoms with Gasteiger partial charge < -0.3 is 14.0 Å². The number of piperidine rings is 1. The van der Waals surface area contributed by atoms with Crippen molar-refractivity contribution in [1.82, 2.24) is 24.8 Å². The maximum atomic E-state index is 12.6. The van der Waals surface area contributed by atoms with Crippen LogP contribution in [0.5, 0.6) is 0 Å². The number of rotatable bonds is 4. The van der Waals surface area contributed by atoms with E-state index in [0.29, 0.717) is 5.75 Å². The second-order valence-electron chi connectivity index (χ2n) is 5.47. The third kappa shape index (κ3) is 3.16. The van der Waals surface area contributed by atoms with E-state index in [0.717, 1.165) is 42.4 Å². The second-order valence-corrected chi connectivity index (χ2v) is 6.42. The number of hydrogen-bond acceptors (Lipinski definition) is 6. The lowest BCUT2D eigenvalue weighted by atomic mass is 9.99. The monoisotopic (exact) mass is 321 g/mol. The van der Waals surface area contributed by atoms with Crippen LogP contribution in [0.4, 0.5) is 0 Å². The molecule has 0 N–H and O–H groups in total. The Hall–Kier alpha value is -1.83. The Morgan fingerprint density at radius 1 is 1.50 bits per heavy atom. The first-order valence-corrected chi connectivity index (χ1v) is 8.33. The van der Waals surface area contributed by atoms with E-state index < -0.39 is 0 Å². The van der Waals surface area contributed by atoms with Gasteiger partial charge in [-0.25, -0.2) is 0 Å². The summed E-state index contributed by atoms with van der Waals surface area (Å²) in [6.45, 7) is 2.64. The van der Waals surface area contributed by atoms with E-state index in [-0.39, 0.29) is 11.9 Å². The molecule has 7 nitrogen and oxygen atoms in total. The highest BCUT2D eigenvalue weighted by Gasteiger charge is 2.30. The molecule has 0 aliphatic carbocycles. The molecule has 2 aromatic heterocycles. The minimum atomic E-state index is 0.0267. The first-order valence-electron chi connectivity index (χ1n) is 7.34. The Balaban J connectivity index is 1.67. The van der Waals surface area contributed by atoms with Crippen LogP contribution in [0.15, 0.2) is 22.1 Å². The van der Waals surface area contributed by atoms with E-state index >= 15 is 0 Å². The van der Waals surface area contributed by atoms with Crippen LogP contribution in [0.2, 0.25) is 0 Å². The molecule has 22 heavy (non-hydrogen) atoms. The first kappa shape index (κ1) is 15.1. The van der Waals surface area contributed by atoms with Crippen molar-refractivity contribution in [1.29, 1.82) is 0 Å². The molecule has 0 spiro atoms. The number of likely N-dealkylation sites (tertiary alicyclic amines) is 1. The average Bonchev–Trinajstić information content (AvgIpc) is 3.13. The van der Waals surface area contributed by atoms with E-state index in [2.05, 4.69) is 15.4 Å². The van der Waals surface area contributed by atoms with Gasteiger partial charge in [-0.05, 0) is 26.2 Å². The Labute approximate surface area is 133 Å². The number of thioether (sulfide) groups is 1. The number of hydrogen-bond donors (Lipinski definition) is 0. The lowest BCUT2D eigenvalue weighted by Crippen LogP contribution is -2.39. The summed E-state index contributed by atoms with van der Waals surface area (Å²) in [4.78, 5) is 14.5. The van der Waals surface area contributed by atoms with Crippen LogP contribution in [-0.4, -0.2) is 43.0 Å². The highest BCUT2D eigenvalue weighted by molar-refractivity contribution is 7.99. The molecule has 1 fully saturated rings. The molecule has 3 heterocycles. The fraction of sp³-hybridized carbons (Fsp3) is 0.571. The third-order valence-electron chi connectivity index (χ3n) is 3.81.